The van der Waals surface area contributed by atoms with Crippen molar-refractivity contribution in [2.24, 2.45) is 0 Å². The molecular weight excluding hydrogens is 264 g/mol. The molecule has 1 aromatic heterocycles. The fraction of sp³-hybridized carbons (Fsp3) is 0.286. The fourth-order valence-electron chi connectivity index (χ4n) is 1.86. The summed E-state index contributed by atoms with van der Waals surface area (Å²) in [7, 11) is 0. The van der Waals surface area contributed by atoms with Gasteiger partial charge in [-0.3, -0.25) is 0 Å². The molecule has 2 aromatic rings. The van der Waals surface area contributed by atoms with E-state index in [0.29, 0.717) is 16.8 Å². The lowest BCUT2D eigenvalue weighted by molar-refractivity contribution is 0.801. The molecule has 0 bridgehead atoms. The number of anilines is 2. The van der Waals surface area contributed by atoms with E-state index in [4.69, 9.17) is 17.3 Å². The Morgan fingerprint density at radius 1 is 1.33 bits per heavy atom. The predicted molar refractivity (Wildman–Crippen MR) is 81.7 cm³/mol. The average Bonchev–Trinajstić information content (AvgIpc) is 2.68. The van der Waals surface area contributed by atoms with Crippen LogP contribution in [0.1, 0.15) is 16.7 Å². The van der Waals surface area contributed by atoms with Crippen LogP contribution in [0, 0.1) is 6.92 Å². The van der Waals surface area contributed by atoms with Crippen LogP contribution < -0.4 is 11.1 Å². The minimum Gasteiger partial charge on any atom is -0.399 e. The van der Waals surface area contributed by atoms with E-state index in [2.05, 4.69) is 31.3 Å². The number of nitrogens with two attached hydrogens (primary N) is 1. The van der Waals surface area contributed by atoms with Gasteiger partial charge in [0.25, 0.3) is 0 Å². The molecule has 2 nitrogen and oxygen atoms in total. The molecule has 2 rings (SSSR count). The van der Waals surface area contributed by atoms with Crippen molar-refractivity contribution in [2.75, 3.05) is 11.1 Å². The molecule has 0 spiro atoms. The zero-order valence-corrected chi connectivity index (χ0v) is 12.1. The van der Waals surface area contributed by atoms with Gasteiger partial charge in [0, 0.05) is 27.9 Å². The van der Waals surface area contributed by atoms with Crippen molar-refractivity contribution >= 4 is 34.3 Å². The summed E-state index contributed by atoms with van der Waals surface area (Å²) in [6.07, 6.45) is 0.999. The van der Waals surface area contributed by atoms with E-state index >= 15 is 0 Å². The molecule has 0 fully saturated rings. The number of nitrogen functional groups attached to an aromatic ring is 1. The van der Waals surface area contributed by atoms with Gasteiger partial charge in [0.15, 0.2) is 0 Å². The molecule has 0 saturated heterocycles. The highest BCUT2D eigenvalue weighted by molar-refractivity contribution is 7.11. The second-order valence-electron chi connectivity index (χ2n) is 4.50. The minimum absolute atomic E-state index is 0.337. The number of hydrogen-bond acceptors (Lipinski definition) is 3. The molecule has 1 aromatic carbocycles. The number of benzene rings is 1. The molecule has 18 heavy (non-hydrogen) atoms. The first-order chi connectivity index (χ1) is 8.54. The fourth-order valence-corrected chi connectivity index (χ4v) is 3.12. The monoisotopic (exact) mass is 280 g/mol. The molecule has 0 aliphatic carbocycles. The maximum Gasteiger partial charge on any atom is 0.0658 e. The molecule has 1 heterocycles. The summed E-state index contributed by atoms with van der Waals surface area (Å²) in [6, 6.07) is 10.2. The van der Waals surface area contributed by atoms with E-state index in [1.54, 1.807) is 6.07 Å². The lowest BCUT2D eigenvalue weighted by Gasteiger charge is -2.15. The van der Waals surface area contributed by atoms with E-state index in [1.807, 2.05) is 23.5 Å². The van der Waals surface area contributed by atoms with Crippen LogP contribution in [0.5, 0.6) is 0 Å². The van der Waals surface area contributed by atoms with Crippen LogP contribution in [0.15, 0.2) is 30.3 Å². The van der Waals surface area contributed by atoms with Crippen LogP contribution in [0.25, 0.3) is 0 Å². The maximum atomic E-state index is 6.14. The van der Waals surface area contributed by atoms with Crippen molar-refractivity contribution in [1.82, 2.24) is 0 Å². The van der Waals surface area contributed by atoms with Gasteiger partial charge < -0.3 is 11.1 Å². The van der Waals surface area contributed by atoms with Gasteiger partial charge in [-0.15, -0.1) is 11.3 Å². The van der Waals surface area contributed by atoms with Gasteiger partial charge in [0.05, 0.1) is 10.7 Å². The van der Waals surface area contributed by atoms with Crippen LogP contribution in [0.3, 0.4) is 0 Å². The lowest BCUT2D eigenvalue weighted by atomic mass is 10.2. The molecule has 0 radical (unpaired) electrons. The van der Waals surface area contributed by atoms with Crippen molar-refractivity contribution in [3.05, 3.63) is 45.1 Å². The Bertz CT molecular complexity index is 536. The van der Waals surface area contributed by atoms with E-state index in [-0.39, 0.29) is 0 Å². The Hall–Kier alpha value is -1.19. The maximum absolute atomic E-state index is 6.14. The summed E-state index contributed by atoms with van der Waals surface area (Å²) >= 11 is 7.98. The Balaban J connectivity index is 2.00. The van der Waals surface area contributed by atoms with Crippen molar-refractivity contribution < 1.29 is 0 Å². The first kappa shape index (κ1) is 13.2. The normalized spacial score (nSPS) is 12.4. The number of hydrogen-bond donors (Lipinski definition) is 2. The van der Waals surface area contributed by atoms with Gasteiger partial charge >= 0.3 is 0 Å². The molecule has 96 valence electrons. The van der Waals surface area contributed by atoms with Gasteiger partial charge in [-0.05, 0) is 44.2 Å². The highest BCUT2D eigenvalue weighted by Gasteiger charge is 2.07. The quantitative estimate of drug-likeness (QED) is 0.818. The summed E-state index contributed by atoms with van der Waals surface area (Å²) in [4.78, 5) is 2.74. The Kier molecular flexibility index (Phi) is 4.15. The van der Waals surface area contributed by atoms with Crippen LogP contribution in [0.4, 0.5) is 11.4 Å². The Labute approximate surface area is 117 Å². The highest BCUT2D eigenvalue weighted by atomic mass is 35.5. The third kappa shape index (κ3) is 3.40. The molecule has 3 N–H and O–H groups in total. The van der Waals surface area contributed by atoms with Crippen molar-refractivity contribution in [2.45, 2.75) is 26.3 Å². The number of thiophene rings is 1. The first-order valence-corrected chi connectivity index (χ1v) is 7.11. The van der Waals surface area contributed by atoms with Crippen molar-refractivity contribution in [1.29, 1.82) is 0 Å². The molecule has 1 unspecified atom stereocenters. The standard InChI is InChI=1S/C14H17ClN2S/c1-9(7-12-5-3-10(2)18-12)17-14-6-4-11(16)8-13(14)15/h3-6,8-9,17H,7,16H2,1-2H3. The first-order valence-electron chi connectivity index (χ1n) is 5.91. The molecule has 0 saturated carbocycles. The van der Waals surface area contributed by atoms with Crippen LogP contribution in [-0.2, 0) is 6.42 Å². The third-order valence-electron chi connectivity index (χ3n) is 2.70. The predicted octanol–water partition coefficient (Wildman–Crippen LogP) is 4.34. The highest BCUT2D eigenvalue weighted by Crippen LogP contribution is 2.25. The average molecular weight is 281 g/mol. The van der Waals surface area contributed by atoms with E-state index in [9.17, 15) is 0 Å². The summed E-state index contributed by atoms with van der Waals surface area (Å²) < 4.78 is 0. The zero-order valence-electron chi connectivity index (χ0n) is 10.5. The summed E-state index contributed by atoms with van der Waals surface area (Å²) in [5, 5.41) is 4.08. The molecule has 0 amide bonds. The minimum atomic E-state index is 0.337. The van der Waals surface area contributed by atoms with Crippen molar-refractivity contribution in [3.8, 4) is 0 Å². The molecule has 1 atom stereocenters. The van der Waals surface area contributed by atoms with E-state index < -0.39 is 0 Å². The number of rotatable bonds is 4. The van der Waals surface area contributed by atoms with Gasteiger partial charge in [-0.25, -0.2) is 0 Å². The van der Waals surface area contributed by atoms with Gasteiger partial charge in [0.2, 0.25) is 0 Å². The topological polar surface area (TPSA) is 38.0 Å². The van der Waals surface area contributed by atoms with Crippen molar-refractivity contribution in [3.63, 3.8) is 0 Å². The number of nitrogens with one attached hydrogen (secondary N) is 1. The zero-order chi connectivity index (χ0) is 13.1. The van der Waals surface area contributed by atoms with Crippen LogP contribution >= 0.6 is 22.9 Å². The lowest BCUT2D eigenvalue weighted by Crippen LogP contribution is -2.17. The van der Waals surface area contributed by atoms with Crippen LogP contribution in [0.2, 0.25) is 5.02 Å². The van der Waals surface area contributed by atoms with E-state index in [1.165, 1.54) is 9.75 Å². The second-order valence-corrected chi connectivity index (χ2v) is 6.28. The summed E-state index contributed by atoms with van der Waals surface area (Å²) in [6.45, 7) is 4.28. The number of halogens is 1. The van der Waals surface area contributed by atoms with Gasteiger partial charge in [-0.1, -0.05) is 11.6 Å². The SMILES string of the molecule is Cc1ccc(CC(C)Nc2ccc(N)cc2Cl)s1. The third-order valence-corrected chi connectivity index (χ3v) is 4.03. The largest absolute Gasteiger partial charge is 0.399 e. The Morgan fingerprint density at radius 2 is 2.11 bits per heavy atom. The van der Waals surface area contributed by atoms with Gasteiger partial charge in [-0.2, -0.15) is 0 Å². The summed E-state index contributed by atoms with van der Waals surface area (Å²) in [5.41, 5.74) is 7.30. The smallest absolute Gasteiger partial charge is 0.0658 e. The Morgan fingerprint density at radius 3 is 2.72 bits per heavy atom. The molecule has 0 aliphatic heterocycles. The molecule has 0 aliphatic rings. The molecule has 4 heteroatoms. The molecular formula is C14H17ClN2S. The van der Waals surface area contributed by atoms with E-state index in [0.717, 1.165) is 12.1 Å². The van der Waals surface area contributed by atoms with Crippen LogP contribution in [-0.4, -0.2) is 6.04 Å². The second kappa shape index (κ2) is 5.63. The van der Waals surface area contributed by atoms with Gasteiger partial charge in [0.1, 0.15) is 0 Å². The summed E-state index contributed by atoms with van der Waals surface area (Å²) in [5.74, 6) is 0. The number of aryl methyl sites for hydroxylation is 1.